The molecular formula is C21H24N2O3. The zero-order valence-corrected chi connectivity index (χ0v) is 15.1. The molecule has 0 unspecified atom stereocenters. The van der Waals surface area contributed by atoms with Crippen LogP contribution in [0.5, 0.6) is 0 Å². The summed E-state index contributed by atoms with van der Waals surface area (Å²) in [4.78, 5) is 28.3. The molecule has 1 fully saturated rings. The maximum absolute atomic E-state index is 12.6. The molecule has 1 saturated heterocycles. The molecule has 5 heteroatoms. The molecule has 4 rings (SSSR count). The standard InChI is InChI=1S/C21H24N2O3/c1-15(24)19-6-7-20(26-19)21(25)22-12-9-18(10-13-22)23-11-8-16-4-2-3-5-17(16)14-23/h2-7,18H,8-14H2,1H3. The minimum absolute atomic E-state index is 0.111. The number of furan rings is 1. The van der Waals surface area contributed by atoms with E-state index in [1.165, 1.54) is 18.1 Å². The number of Topliss-reactive ketones (excluding diaryl/α,β-unsaturated/α-hetero) is 1. The number of ketones is 1. The number of hydrogen-bond donors (Lipinski definition) is 0. The SMILES string of the molecule is CC(=O)c1ccc(C(=O)N2CCC(N3CCc4ccccc4C3)CC2)o1. The van der Waals surface area contributed by atoms with E-state index >= 15 is 0 Å². The smallest absolute Gasteiger partial charge is 0.289 e. The second kappa shape index (κ2) is 7.08. The van der Waals surface area contributed by atoms with Crippen LogP contribution in [0, 0.1) is 0 Å². The summed E-state index contributed by atoms with van der Waals surface area (Å²) >= 11 is 0. The highest BCUT2D eigenvalue weighted by Gasteiger charge is 2.30. The Morgan fingerprint density at radius 3 is 2.35 bits per heavy atom. The molecule has 0 radical (unpaired) electrons. The van der Waals surface area contributed by atoms with Gasteiger partial charge >= 0.3 is 0 Å². The van der Waals surface area contributed by atoms with Gasteiger partial charge in [0.05, 0.1) is 0 Å². The molecule has 3 heterocycles. The molecule has 136 valence electrons. The third-order valence-corrected chi connectivity index (χ3v) is 5.59. The van der Waals surface area contributed by atoms with Gasteiger partial charge < -0.3 is 9.32 Å². The van der Waals surface area contributed by atoms with Crippen molar-refractivity contribution in [3.8, 4) is 0 Å². The van der Waals surface area contributed by atoms with Crippen LogP contribution in [0.15, 0.2) is 40.8 Å². The van der Waals surface area contributed by atoms with E-state index in [0.717, 1.165) is 45.4 Å². The monoisotopic (exact) mass is 352 g/mol. The fourth-order valence-electron chi connectivity index (χ4n) is 4.06. The molecular weight excluding hydrogens is 328 g/mol. The Kier molecular flexibility index (Phi) is 4.64. The first-order valence-corrected chi connectivity index (χ1v) is 9.32. The van der Waals surface area contributed by atoms with E-state index in [1.807, 2.05) is 4.90 Å². The van der Waals surface area contributed by atoms with Gasteiger partial charge in [0.25, 0.3) is 5.91 Å². The molecule has 1 aromatic carbocycles. The van der Waals surface area contributed by atoms with Crippen molar-refractivity contribution in [3.05, 3.63) is 59.0 Å². The van der Waals surface area contributed by atoms with Crippen LogP contribution < -0.4 is 0 Å². The van der Waals surface area contributed by atoms with Gasteiger partial charge in [-0.3, -0.25) is 14.5 Å². The average Bonchev–Trinajstić information content (AvgIpc) is 3.18. The normalized spacial score (nSPS) is 18.6. The van der Waals surface area contributed by atoms with Gasteiger partial charge in [-0.1, -0.05) is 24.3 Å². The lowest BCUT2D eigenvalue weighted by Gasteiger charge is -2.40. The Labute approximate surface area is 153 Å². The first-order chi connectivity index (χ1) is 12.6. The van der Waals surface area contributed by atoms with Crippen LogP contribution in [0.3, 0.4) is 0 Å². The van der Waals surface area contributed by atoms with Crippen molar-refractivity contribution >= 4 is 11.7 Å². The number of carbonyl (C=O) groups is 2. The Morgan fingerprint density at radius 1 is 0.962 bits per heavy atom. The number of fused-ring (bicyclic) bond motifs is 1. The fourth-order valence-corrected chi connectivity index (χ4v) is 4.06. The summed E-state index contributed by atoms with van der Waals surface area (Å²) in [5.41, 5.74) is 2.90. The van der Waals surface area contributed by atoms with E-state index < -0.39 is 0 Å². The fraction of sp³-hybridized carbons (Fsp3) is 0.429. The number of nitrogens with zero attached hydrogens (tertiary/aromatic N) is 2. The Balaban J connectivity index is 1.35. The maximum Gasteiger partial charge on any atom is 0.289 e. The number of hydrogen-bond acceptors (Lipinski definition) is 4. The molecule has 26 heavy (non-hydrogen) atoms. The van der Waals surface area contributed by atoms with E-state index in [1.54, 1.807) is 12.1 Å². The summed E-state index contributed by atoms with van der Waals surface area (Å²) in [6.07, 6.45) is 3.07. The summed E-state index contributed by atoms with van der Waals surface area (Å²) in [6, 6.07) is 12.4. The lowest BCUT2D eigenvalue weighted by Crippen LogP contribution is -2.48. The molecule has 1 aromatic heterocycles. The van der Waals surface area contributed by atoms with Gasteiger partial charge in [0.15, 0.2) is 17.3 Å². The van der Waals surface area contributed by atoms with E-state index in [0.29, 0.717) is 6.04 Å². The summed E-state index contributed by atoms with van der Waals surface area (Å²) in [5, 5.41) is 0. The maximum atomic E-state index is 12.6. The van der Waals surface area contributed by atoms with Gasteiger partial charge in [0.2, 0.25) is 0 Å². The van der Waals surface area contributed by atoms with Gasteiger partial charge in [0, 0.05) is 39.1 Å². The first-order valence-electron chi connectivity index (χ1n) is 9.32. The average molecular weight is 352 g/mol. The summed E-state index contributed by atoms with van der Waals surface area (Å²) in [7, 11) is 0. The molecule has 5 nitrogen and oxygen atoms in total. The van der Waals surface area contributed by atoms with E-state index in [2.05, 4.69) is 29.2 Å². The van der Waals surface area contributed by atoms with Crippen LogP contribution in [-0.2, 0) is 13.0 Å². The Bertz CT molecular complexity index is 818. The van der Waals surface area contributed by atoms with Crippen LogP contribution in [0.25, 0.3) is 0 Å². The highest BCUT2D eigenvalue weighted by Crippen LogP contribution is 2.25. The van der Waals surface area contributed by atoms with Gasteiger partial charge in [-0.15, -0.1) is 0 Å². The highest BCUT2D eigenvalue weighted by atomic mass is 16.4. The molecule has 0 saturated carbocycles. The molecule has 2 aliphatic rings. The van der Waals surface area contributed by atoms with Crippen LogP contribution in [-0.4, -0.2) is 47.2 Å². The number of amides is 1. The van der Waals surface area contributed by atoms with Gasteiger partial charge in [0.1, 0.15) is 0 Å². The van der Waals surface area contributed by atoms with Crippen molar-refractivity contribution in [2.24, 2.45) is 0 Å². The van der Waals surface area contributed by atoms with Gasteiger partial charge in [-0.25, -0.2) is 0 Å². The van der Waals surface area contributed by atoms with Crippen LogP contribution in [0.1, 0.15) is 52.0 Å². The minimum Gasteiger partial charge on any atom is -0.448 e. The van der Waals surface area contributed by atoms with Crippen LogP contribution >= 0.6 is 0 Å². The predicted molar refractivity (Wildman–Crippen MR) is 98.2 cm³/mol. The molecule has 0 spiro atoms. The molecule has 0 aliphatic carbocycles. The van der Waals surface area contributed by atoms with Crippen molar-refractivity contribution in [1.82, 2.24) is 9.80 Å². The van der Waals surface area contributed by atoms with Crippen molar-refractivity contribution in [2.45, 2.75) is 38.8 Å². The minimum atomic E-state index is -0.159. The number of likely N-dealkylation sites (tertiary alicyclic amines) is 1. The first kappa shape index (κ1) is 17.0. The zero-order valence-electron chi connectivity index (χ0n) is 15.1. The lowest BCUT2D eigenvalue weighted by atomic mass is 9.95. The summed E-state index contributed by atoms with van der Waals surface area (Å²) in [5.74, 6) is 0.240. The second-order valence-corrected chi connectivity index (χ2v) is 7.23. The number of benzene rings is 1. The number of carbonyl (C=O) groups excluding carboxylic acids is 2. The topological polar surface area (TPSA) is 53.8 Å². The third-order valence-electron chi connectivity index (χ3n) is 5.59. The van der Waals surface area contributed by atoms with Crippen molar-refractivity contribution < 1.29 is 14.0 Å². The largest absolute Gasteiger partial charge is 0.448 e. The van der Waals surface area contributed by atoms with E-state index in [9.17, 15) is 9.59 Å². The highest BCUT2D eigenvalue weighted by molar-refractivity contribution is 5.95. The third kappa shape index (κ3) is 3.31. The van der Waals surface area contributed by atoms with Crippen LogP contribution in [0.4, 0.5) is 0 Å². The lowest BCUT2D eigenvalue weighted by molar-refractivity contribution is 0.0569. The summed E-state index contributed by atoms with van der Waals surface area (Å²) < 4.78 is 5.39. The van der Waals surface area contributed by atoms with Crippen LogP contribution in [0.2, 0.25) is 0 Å². The molecule has 0 bridgehead atoms. The zero-order chi connectivity index (χ0) is 18.1. The summed E-state index contributed by atoms with van der Waals surface area (Å²) in [6.45, 7) is 5.01. The Hall–Kier alpha value is -2.40. The predicted octanol–water partition coefficient (Wildman–Crippen LogP) is 3.15. The Morgan fingerprint density at radius 2 is 1.65 bits per heavy atom. The van der Waals surface area contributed by atoms with Crippen molar-refractivity contribution in [3.63, 3.8) is 0 Å². The molecule has 1 amide bonds. The number of rotatable bonds is 3. The second-order valence-electron chi connectivity index (χ2n) is 7.23. The van der Waals surface area contributed by atoms with E-state index in [-0.39, 0.29) is 23.2 Å². The van der Waals surface area contributed by atoms with E-state index in [4.69, 9.17) is 4.42 Å². The van der Waals surface area contributed by atoms with Gasteiger partial charge in [-0.2, -0.15) is 0 Å². The quantitative estimate of drug-likeness (QED) is 0.797. The molecule has 2 aliphatic heterocycles. The molecule has 2 aromatic rings. The van der Waals surface area contributed by atoms with Crippen molar-refractivity contribution in [2.75, 3.05) is 19.6 Å². The molecule has 0 N–H and O–H groups in total. The van der Waals surface area contributed by atoms with Gasteiger partial charge in [-0.05, 0) is 42.5 Å². The molecule has 0 atom stereocenters. The number of piperidine rings is 1. The van der Waals surface area contributed by atoms with Crippen molar-refractivity contribution in [1.29, 1.82) is 0 Å².